The maximum absolute atomic E-state index is 12.7. The molecule has 1 aromatic carbocycles. The Hall–Kier alpha value is -1.71. The number of urea groups is 1. The SMILES string of the molecule is CC1(C)O[C@H]2O[C@H]([C@H]3COC4(CCCC4)O3)[C@@H](NC(=O)Nc3ccccc3)[C@H]2O1. The van der Waals surface area contributed by atoms with Gasteiger partial charge in [-0.05, 0) is 38.8 Å². The van der Waals surface area contributed by atoms with Crippen LogP contribution in [0.5, 0.6) is 0 Å². The molecule has 1 spiro atoms. The Morgan fingerprint density at radius 1 is 1.03 bits per heavy atom. The van der Waals surface area contributed by atoms with E-state index in [2.05, 4.69) is 10.6 Å². The summed E-state index contributed by atoms with van der Waals surface area (Å²) < 4.78 is 30.5. The topological polar surface area (TPSA) is 87.3 Å². The molecule has 158 valence electrons. The lowest BCUT2D eigenvalue weighted by Gasteiger charge is -2.30. The summed E-state index contributed by atoms with van der Waals surface area (Å²) in [5.41, 5.74) is 0.714. The van der Waals surface area contributed by atoms with Crippen molar-refractivity contribution >= 4 is 11.7 Å². The lowest BCUT2D eigenvalue weighted by Crippen LogP contribution is -2.53. The van der Waals surface area contributed by atoms with Crippen LogP contribution in [0.25, 0.3) is 0 Å². The average Bonchev–Trinajstić information content (AvgIpc) is 3.43. The molecule has 5 atom stereocenters. The zero-order chi connectivity index (χ0) is 20.1. The quantitative estimate of drug-likeness (QED) is 0.806. The molecule has 29 heavy (non-hydrogen) atoms. The molecule has 4 fully saturated rings. The highest BCUT2D eigenvalue weighted by Gasteiger charge is 2.59. The zero-order valence-corrected chi connectivity index (χ0v) is 16.8. The lowest BCUT2D eigenvalue weighted by atomic mass is 10.0. The number of carbonyl (C=O) groups excluding carboxylic acids is 1. The van der Waals surface area contributed by atoms with Crippen LogP contribution in [0, 0.1) is 0 Å². The van der Waals surface area contributed by atoms with E-state index in [1.807, 2.05) is 44.2 Å². The number of nitrogens with one attached hydrogen (secondary N) is 2. The number of benzene rings is 1. The summed E-state index contributed by atoms with van der Waals surface area (Å²) in [7, 11) is 0. The molecule has 0 radical (unpaired) electrons. The number of rotatable bonds is 3. The van der Waals surface area contributed by atoms with E-state index >= 15 is 0 Å². The number of fused-ring (bicyclic) bond motifs is 1. The van der Waals surface area contributed by atoms with E-state index in [9.17, 15) is 4.79 Å². The molecule has 4 aliphatic rings. The molecule has 3 aliphatic heterocycles. The summed E-state index contributed by atoms with van der Waals surface area (Å²) in [6.07, 6.45) is 2.33. The molecule has 1 aromatic rings. The van der Waals surface area contributed by atoms with Gasteiger partial charge >= 0.3 is 6.03 Å². The second-order valence-electron chi connectivity index (χ2n) is 8.64. The number of hydrogen-bond donors (Lipinski definition) is 2. The largest absolute Gasteiger partial charge is 0.347 e. The van der Waals surface area contributed by atoms with Gasteiger partial charge in [0, 0.05) is 18.5 Å². The van der Waals surface area contributed by atoms with E-state index in [-0.39, 0.29) is 12.1 Å². The monoisotopic (exact) mass is 404 g/mol. The van der Waals surface area contributed by atoms with Crippen molar-refractivity contribution in [3.05, 3.63) is 30.3 Å². The van der Waals surface area contributed by atoms with Gasteiger partial charge in [-0.2, -0.15) is 0 Å². The van der Waals surface area contributed by atoms with Crippen molar-refractivity contribution < 1.29 is 28.5 Å². The van der Waals surface area contributed by atoms with Gasteiger partial charge in [-0.15, -0.1) is 0 Å². The number of amides is 2. The van der Waals surface area contributed by atoms with Gasteiger partial charge in [0.2, 0.25) is 0 Å². The number of hydrogen-bond acceptors (Lipinski definition) is 6. The van der Waals surface area contributed by atoms with Crippen molar-refractivity contribution in [1.82, 2.24) is 5.32 Å². The van der Waals surface area contributed by atoms with Gasteiger partial charge in [-0.25, -0.2) is 4.79 Å². The van der Waals surface area contributed by atoms with Crippen LogP contribution in [0.1, 0.15) is 39.5 Å². The minimum atomic E-state index is -0.768. The van der Waals surface area contributed by atoms with E-state index in [1.54, 1.807) is 0 Å². The summed E-state index contributed by atoms with van der Waals surface area (Å²) in [5, 5.41) is 5.88. The Labute approximate surface area is 170 Å². The smallest absolute Gasteiger partial charge is 0.319 e. The summed E-state index contributed by atoms with van der Waals surface area (Å²) in [6.45, 7) is 4.12. The highest BCUT2D eigenvalue weighted by atomic mass is 16.8. The Kier molecular flexibility index (Phi) is 4.79. The Morgan fingerprint density at radius 2 is 1.79 bits per heavy atom. The van der Waals surface area contributed by atoms with Gasteiger partial charge < -0.3 is 34.3 Å². The van der Waals surface area contributed by atoms with Crippen LogP contribution >= 0.6 is 0 Å². The standard InChI is InChI=1S/C21H28N2O6/c1-20(2)28-17-15(23-19(24)22-13-8-4-3-5-9-13)16(26-18(17)29-20)14-12-25-21(27-14)10-6-7-11-21/h3-5,8-9,14-18H,6-7,10-12H2,1-2H3,(H2,22,23,24)/t14-,15-,16-,17-,18-/m1/s1. The summed E-state index contributed by atoms with van der Waals surface area (Å²) in [4.78, 5) is 12.7. The maximum Gasteiger partial charge on any atom is 0.319 e. The van der Waals surface area contributed by atoms with Crippen molar-refractivity contribution in [3.63, 3.8) is 0 Å². The first-order valence-electron chi connectivity index (χ1n) is 10.4. The molecular formula is C21H28N2O6. The predicted octanol–water partition coefficient (Wildman–Crippen LogP) is 2.74. The van der Waals surface area contributed by atoms with Crippen LogP contribution in [0.15, 0.2) is 30.3 Å². The Balaban J connectivity index is 1.31. The minimum absolute atomic E-state index is 0.281. The first-order chi connectivity index (χ1) is 13.9. The molecule has 1 aliphatic carbocycles. The van der Waals surface area contributed by atoms with E-state index in [1.165, 1.54) is 0 Å². The second kappa shape index (κ2) is 7.21. The minimum Gasteiger partial charge on any atom is -0.347 e. The van der Waals surface area contributed by atoms with Crippen LogP contribution in [0.4, 0.5) is 10.5 Å². The van der Waals surface area contributed by atoms with Crippen LogP contribution < -0.4 is 10.6 Å². The third-order valence-electron chi connectivity index (χ3n) is 6.03. The van der Waals surface area contributed by atoms with E-state index < -0.39 is 36.1 Å². The highest BCUT2D eigenvalue weighted by molar-refractivity contribution is 5.89. The van der Waals surface area contributed by atoms with Crippen molar-refractivity contribution in [1.29, 1.82) is 0 Å². The van der Waals surface area contributed by atoms with Crippen LogP contribution in [0.3, 0.4) is 0 Å². The van der Waals surface area contributed by atoms with Crippen molar-refractivity contribution in [2.45, 2.75) is 81.7 Å². The van der Waals surface area contributed by atoms with Crippen molar-refractivity contribution in [3.8, 4) is 0 Å². The molecule has 0 bridgehead atoms. The molecule has 3 saturated heterocycles. The van der Waals surface area contributed by atoms with Crippen LogP contribution in [-0.2, 0) is 23.7 Å². The second-order valence-corrected chi connectivity index (χ2v) is 8.64. The number of ether oxygens (including phenoxy) is 5. The first kappa shape index (κ1) is 19.3. The molecule has 5 rings (SSSR count). The van der Waals surface area contributed by atoms with Crippen LogP contribution in [0.2, 0.25) is 0 Å². The summed E-state index contributed by atoms with van der Waals surface area (Å²) >= 11 is 0. The normalized spacial score (nSPS) is 37.0. The third kappa shape index (κ3) is 3.75. The number of carbonyl (C=O) groups is 1. The summed E-state index contributed by atoms with van der Waals surface area (Å²) in [5.74, 6) is -1.26. The fourth-order valence-corrected chi connectivity index (χ4v) is 4.77. The van der Waals surface area contributed by atoms with Gasteiger partial charge in [0.1, 0.15) is 18.3 Å². The fraction of sp³-hybridized carbons (Fsp3) is 0.667. The number of para-hydroxylation sites is 1. The van der Waals surface area contributed by atoms with Gasteiger partial charge in [-0.1, -0.05) is 18.2 Å². The highest BCUT2D eigenvalue weighted by Crippen LogP contribution is 2.44. The molecule has 8 heteroatoms. The Bertz CT molecular complexity index is 751. The van der Waals surface area contributed by atoms with Crippen molar-refractivity contribution in [2.75, 3.05) is 11.9 Å². The fourth-order valence-electron chi connectivity index (χ4n) is 4.77. The molecule has 0 aromatic heterocycles. The molecule has 2 amide bonds. The van der Waals surface area contributed by atoms with Gasteiger partial charge in [0.15, 0.2) is 17.9 Å². The molecular weight excluding hydrogens is 376 g/mol. The average molecular weight is 404 g/mol. The molecule has 8 nitrogen and oxygen atoms in total. The predicted molar refractivity (Wildman–Crippen MR) is 103 cm³/mol. The van der Waals surface area contributed by atoms with E-state index in [0.717, 1.165) is 25.7 Å². The van der Waals surface area contributed by atoms with E-state index in [4.69, 9.17) is 23.7 Å². The van der Waals surface area contributed by atoms with Gasteiger partial charge in [-0.3, -0.25) is 0 Å². The first-order valence-corrected chi connectivity index (χ1v) is 10.4. The molecule has 0 unspecified atom stereocenters. The lowest BCUT2D eigenvalue weighted by molar-refractivity contribution is -0.226. The number of anilines is 1. The Morgan fingerprint density at radius 3 is 2.55 bits per heavy atom. The zero-order valence-electron chi connectivity index (χ0n) is 16.8. The maximum atomic E-state index is 12.7. The van der Waals surface area contributed by atoms with Crippen molar-refractivity contribution in [2.24, 2.45) is 0 Å². The third-order valence-corrected chi connectivity index (χ3v) is 6.03. The molecule has 2 N–H and O–H groups in total. The molecule has 3 heterocycles. The van der Waals surface area contributed by atoms with E-state index in [0.29, 0.717) is 12.3 Å². The van der Waals surface area contributed by atoms with Gasteiger partial charge in [0.25, 0.3) is 0 Å². The van der Waals surface area contributed by atoms with Gasteiger partial charge in [0.05, 0.1) is 12.6 Å². The van der Waals surface area contributed by atoms with Crippen LogP contribution in [-0.4, -0.2) is 54.9 Å². The summed E-state index contributed by atoms with van der Waals surface area (Å²) in [6, 6.07) is 8.57. The molecule has 1 saturated carbocycles.